The molecule has 0 saturated heterocycles. The lowest BCUT2D eigenvalue weighted by molar-refractivity contribution is -0.145. The largest absolute Gasteiger partial charge is 0.479 e. The number of carboxylic acids is 1. The Balaban J connectivity index is 0.000000604. The zero-order valence-electron chi connectivity index (χ0n) is 18.7. The van der Waals surface area contributed by atoms with Crippen LogP contribution in [0.15, 0.2) is 73.1 Å². The molecule has 0 radical (unpaired) electrons. The van der Waals surface area contributed by atoms with Crippen molar-refractivity contribution in [2.24, 2.45) is 0 Å². The number of benzene rings is 2. The highest BCUT2D eigenvalue weighted by molar-refractivity contribution is 6.05. The summed E-state index contributed by atoms with van der Waals surface area (Å²) in [4.78, 5) is 39.5. The van der Waals surface area contributed by atoms with Crippen LogP contribution in [0.1, 0.15) is 22.8 Å². The van der Waals surface area contributed by atoms with E-state index in [1.807, 2.05) is 0 Å². The van der Waals surface area contributed by atoms with Gasteiger partial charge in [0.25, 0.3) is 5.91 Å². The third-order valence-electron chi connectivity index (χ3n) is 4.48. The Labute approximate surface area is 196 Å². The van der Waals surface area contributed by atoms with Crippen LogP contribution in [0, 0.1) is 0 Å². The molecule has 3 aromatic rings. The van der Waals surface area contributed by atoms with E-state index in [4.69, 9.17) is 20.7 Å². The molecule has 2 amide bonds. The molecular weight excluding hydrogens is 440 g/mol. The number of para-hydroxylation sites is 2. The lowest BCUT2D eigenvalue weighted by Crippen LogP contribution is -2.30. The van der Waals surface area contributed by atoms with E-state index in [1.165, 1.54) is 18.9 Å². The number of nitrogens with two attached hydrogens (primary N) is 1. The normalized spacial score (nSPS) is 10.8. The summed E-state index contributed by atoms with van der Waals surface area (Å²) < 4.78 is 4.86. The number of hydrogen-bond acceptors (Lipinski definition) is 7. The minimum Gasteiger partial charge on any atom is -0.479 e. The van der Waals surface area contributed by atoms with E-state index in [9.17, 15) is 14.4 Å². The topological polar surface area (TPSA) is 155 Å². The molecule has 0 aliphatic heterocycles. The second kappa shape index (κ2) is 12.6. The van der Waals surface area contributed by atoms with Gasteiger partial charge < -0.3 is 26.0 Å². The molecule has 0 spiro atoms. The van der Waals surface area contributed by atoms with Gasteiger partial charge in [-0.05, 0) is 48.9 Å². The van der Waals surface area contributed by atoms with Crippen molar-refractivity contribution in [2.75, 3.05) is 23.1 Å². The van der Waals surface area contributed by atoms with Crippen LogP contribution in [0.5, 0.6) is 0 Å². The number of aliphatic carboxylic acids is 1. The molecule has 1 aromatic heterocycles. The lowest BCUT2D eigenvalue weighted by Gasteiger charge is -2.21. The summed E-state index contributed by atoms with van der Waals surface area (Å²) in [5, 5.41) is 18.6. The van der Waals surface area contributed by atoms with Crippen LogP contribution in [0.4, 0.5) is 21.9 Å². The number of anilines is 3. The van der Waals surface area contributed by atoms with E-state index in [2.05, 4.69) is 10.3 Å². The number of aromatic nitrogens is 1. The highest BCUT2D eigenvalue weighted by Crippen LogP contribution is 2.20. The first-order chi connectivity index (χ1) is 16.2. The Morgan fingerprint density at radius 2 is 1.74 bits per heavy atom. The summed E-state index contributed by atoms with van der Waals surface area (Å²) in [6, 6.07) is 17.5. The number of amides is 2. The van der Waals surface area contributed by atoms with E-state index in [0.717, 1.165) is 5.56 Å². The van der Waals surface area contributed by atoms with E-state index >= 15 is 0 Å². The minimum atomic E-state index is -1.23. The smallest absolute Gasteiger partial charge is 0.414 e. The van der Waals surface area contributed by atoms with Crippen molar-refractivity contribution in [1.82, 2.24) is 4.98 Å². The van der Waals surface area contributed by atoms with Crippen molar-refractivity contribution < 1.29 is 29.3 Å². The van der Waals surface area contributed by atoms with Crippen LogP contribution in [0.3, 0.4) is 0 Å². The number of nitrogens with zero attached hydrogens (tertiary/aromatic N) is 2. The quantitative estimate of drug-likeness (QED) is 0.404. The maximum absolute atomic E-state index is 12.4. The molecule has 2 aromatic carbocycles. The molecule has 0 saturated carbocycles. The molecular formula is C24H26N4O6. The van der Waals surface area contributed by atoms with Crippen molar-refractivity contribution in [2.45, 2.75) is 19.6 Å². The number of methoxy groups -OCH3 is 1. The van der Waals surface area contributed by atoms with Gasteiger partial charge in [-0.2, -0.15) is 0 Å². The highest BCUT2D eigenvalue weighted by Gasteiger charge is 2.17. The van der Waals surface area contributed by atoms with Crippen LogP contribution in [0.25, 0.3) is 0 Å². The number of aliphatic hydroxyl groups excluding tert-OH is 1. The van der Waals surface area contributed by atoms with Gasteiger partial charge in [-0.3, -0.25) is 14.7 Å². The number of nitrogen functional groups attached to an aromatic ring is 1. The van der Waals surface area contributed by atoms with Crippen molar-refractivity contribution in [3.63, 3.8) is 0 Å². The fourth-order valence-corrected chi connectivity index (χ4v) is 2.63. The summed E-state index contributed by atoms with van der Waals surface area (Å²) in [7, 11) is 1.33. The van der Waals surface area contributed by atoms with Crippen molar-refractivity contribution >= 4 is 35.0 Å². The molecule has 0 aliphatic rings. The summed E-state index contributed by atoms with van der Waals surface area (Å²) >= 11 is 0. The Bertz CT molecular complexity index is 1100. The monoisotopic (exact) mass is 466 g/mol. The van der Waals surface area contributed by atoms with E-state index in [1.54, 1.807) is 73.1 Å². The van der Waals surface area contributed by atoms with Crippen molar-refractivity contribution in [1.29, 1.82) is 0 Å². The molecule has 3 rings (SSSR count). The number of nitrogens with one attached hydrogen (secondary N) is 1. The molecule has 0 aliphatic carbocycles. The number of pyridine rings is 1. The van der Waals surface area contributed by atoms with Gasteiger partial charge in [-0.25, -0.2) is 9.59 Å². The zero-order valence-corrected chi connectivity index (χ0v) is 18.7. The second-order valence-electron chi connectivity index (χ2n) is 7.02. The molecule has 0 bridgehead atoms. The van der Waals surface area contributed by atoms with Gasteiger partial charge in [-0.15, -0.1) is 0 Å². The number of carbonyl (C=O) groups is 3. The number of aliphatic hydroxyl groups is 1. The van der Waals surface area contributed by atoms with Crippen LogP contribution in [-0.2, 0) is 16.1 Å². The SMILES string of the molecule is CC(O)C(=O)O.COC(=O)N(Cc1ccc(C(=O)Nc2ccccc2N)cc1)c1cccnc1. The van der Waals surface area contributed by atoms with E-state index in [0.29, 0.717) is 22.6 Å². The number of carbonyl (C=O) groups excluding carboxylic acids is 2. The summed E-state index contributed by atoms with van der Waals surface area (Å²) in [5.41, 5.74) is 8.85. The van der Waals surface area contributed by atoms with Gasteiger partial charge in [0.05, 0.1) is 36.9 Å². The minimum absolute atomic E-state index is 0.262. The average molecular weight is 466 g/mol. The molecule has 1 heterocycles. The second-order valence-corrected chi connectivity index (χ2v) is 7.02. The van der Waals surface area contributed by atoms with Gasteiger partial charge in [0.15, 0.2) is 0 Å². The molecule has 10 heteroatoms. The zero-order chi connectivity index (χ0) is 25.1. The van der Waals surface area contributed by atoms with Crippen LogP contribution in [0.2, 0.25) is 0 Å². The molecule has 178 valence electrons. The Hall–Kier alpha value is -4.44. The van der Waals surface area contributed by atoms with E-state index in [-0.39, 0.29) is 12.5 Å². The third kappa shape index (κ3) is 7.61. The maximum Gasteiger partial charge on any atom is 0.414 e. The van der Waals surface area contributed by atoms with E-state index < -0.39 is 18.2 Å². The number of carboxylic acid groups (broad SMARTS) is 1. The fourth-order valence-electron chi connectivity index (χ4n) is 2.63. The standard InChI is InChI=1S/C21H20N4O3.C3H6O3/c1-28-21(27)25(17-5-4-12-23-13-17)14-15-8-10-16(11-9-15)20(26)24-19-7-3-2-6-18(19)22;1-2(4)3(5)6/h2-13H,14,22H2,1H3,(H,24,26);2,4H,1H3,(H,5,6). The first-order valence-corrected chi connectivity index (χ1v) is 10.1. The summed E-state index contributed by atoms with van der Waals surface area (Å²) in [6.07, 6.45) is 1.49. The van der Waals surface area contributed by atoms with Gasteiger partial charge >= 0.3 is 12.1 Å². The Morgan fingerprint density at radius 3 is 2.26 bits per heavy atom. The van der Waals surface area contributed by atoms with Gasteiger partial charge in [0.1, 0.15) is 6.10 Å². The van der Waals surface area contributed by atoms with Crippen LogP contribution < -0.4 is 16.0 Å². The number of hydrogen-bond donors (Lipinski definition) is 4. The first-order valence-electron chi connectivity index (χ1n) is 10.1. The lowest BCUT2D eigenvalue weighted by atomic mass is 10.1. The van der Waals surface area contributed by atoms with Gasteiger partial charge in [-0.1, -0.05) is 24.3 Å². The Kier molecular flexibility index (Phi) is 9.54. The fraction of sp³-hybridized carbons (Fsp3) is 0.167. The van der Waals surface area contributed by atoms with Crippen LogP contribution in [-0.4, -0.2) is 46.4 Å². The molecule has 1 atom stereocenters. The third-order valence-corrected chi connectivity index (χ3v) is 4.48. The Morgan fingerprint density at radius 1 is 1.09 bits per heavy atom. The van der Waals surface area contributed by atoms with Gasteiger partial charge in [0, 0.05) is 11.8 Å². The highest BCUT2D eigenvalue weighted by atomic mass is 16.5. The molecule has 1 unspecified atom stereocenters. The molecule has 34 heavy (non-hydrogen) atoms. The number of ether oxygens (including phenoxy) is 1. The summed E-state index contributed by atoms with van der Waals surface area (Å²) in [6.45, 7) is 1.48. The van der Waals surface area contributed by atoms with Crippen molar-refractivity contribution in [3.8, 4) is 0 Å². The molecule has 10 nitrogen and oxygen atoms in total. The summed E-state index contributed by atoms with van der Waals surface area (Å²) in [5.74, 6) is -1.45. The predicted octanol–water partition coefficient (Wildman–Crippen LogP) is 3.14. The average Bonchev–Trinajstić information content (AvgIpc) is 2.84. The van der Waals surface area contributed by atoms with Crippen molar-refractivity contribution in [3.05, 3.63) is 84.2 Å². The predicted molar refractivity (Wildman–Crippen MR) is 127 cm³/mol. The van der Waals surface area contributed by atoms with Crippen LogP contribution >= 0.6 is 0 Å². The molecule has 5 N–H and O–H groups in total. The van der Waals surface area contributed by atoms with Gasteiger partial charge in [0.2, 0.25) is 0 Å². The number of rotatable bonds is 6. The molecule has 0 fully saturated rings. The maximum atomic E-state index is 12.4. The first kappa shape index (κ1) is 25.8.